The first-order valence-corrected chi connectivity index (χ1v) is 8.85. The molecule has 1 aromatic heterocycles. The molecular formula is C19H16BrFN4. The van der Waals surface area contributed by atoms with Crippen LogP contribution in [-0.2, 0) is 0 Å². The zero-order valence-corrected chi connectivity index (χ0v) is 15.7. The molecule has 4 nitrogen and oxygen atoms in total. The Hall–Kier alpha value is -2.21. The molecule has 0 amide bonds. The van der Waals surface area contributed by atoms with Crippen molar-refractivity contribution in [2.45, 2.75) is 32.2 Å². The van der Waals surface area contributed by atoms with Gasteiger partial charge in [0.1, 0.15) is 11.2 Å². The van der Waals surface area contributed by atoms with Crippen LogP contribution in [-0.4, -0.2) is 26.4 Å². The van der Waals surface area contributed by atoms with Crippen LogP contribution in [0, 0.1) is 5.82 Å². The number of fused-ring (bicyclic) bond motifs is 2. The van der Waals surface area contributed by atoms with Crippen molar-refractivity contribution in [1.29, 1.82) is 0 Å². The lowest BCUT2D eigenvalue weighted by molar-refractivity contribution is 0.431. The summed E-state index contributed by atoms with van der Waals surface area (Å²) in [5.41, 5.74) is 3.22. The molecule has 6 heteroatoms. The van der Waals surface area contributed by atoms with E-state index >= 15 is 0 Å². The van der Waals surface area contributed by atoms with Crippen LogP contribution in [0.4, 0.5) is 4.39 Å². The minimum Gasteiger partial charge on any atom is -0.274 e. The van der Waals surface area contributed by atoms with Gasteiger partial charge in [-0.15, -0.1) is 10.2 Å². The molecule has 0 saturated carbocycles. The molecule has 2 heterocycles. The van der Waals surface area contributed by atoms with E-state index in [-0.39, 0.29) is 17.0 Å². The zero-order chi connectivity index (χ0) is 17.8. The predicted molar refractivity (Wildman–Crippen MR) is 99.6 cm³/mol. The topological polar surface area (TPSA) is 51.0 Å². The van der Waals surface area contributed by atoms with Gasteiger partial charge in [0, 0.05) is 16.0 Å². The lowest BCUT2D eigenvalue weighted by Crippen LogP contribution is -2.33. The molecule has 0 spiro atoms. The highest BCUT2D eigenvalue weighted by molar-refractivity contribution is 9.10. The van der Waals surface area contributed by atoms with Crippen molar-refractivity contribution in [3.8, 4) is 0 Å². The average Bonchev–Trinajstić information content (AvgIpc) is 2.58. The second kappa shape index (κ2) is 5.66. The fraction of sp³-hybridized carbons (Fsp3) is 0.263. The maximum Gasteiger partial charge on any atom is 0.201 e. The van der Waals surface area contributed by atoms with Gasteiger partial charge in [-0.05, 0) is 43.7 Å². The van der Waals surface area contributed by atoms with Gasteiger partial charge in [-0.2, -0.15) is 0 Å². The van der Waals surface area contributed by atoms with Gasteiger partial charge in [-0.3, -0.25) is 4.99 Å². The van der Waals surface area contributed by atoms with Gasteiger partial charge in [-0.1, -0.05) is 35.0 Å². The van der Waals surface area contributed by atoms with Crippen LogP contribution in [0.3, 0.4) is 0 Å². The monoisotopic (exact) mass is 398 g/mol. The molecule has 1 aliphatic rings. The van der Waals surface area contributed by atoms with Crippen molar-refractivity contribution < 1.29 is 4.39 Å². The molecule has 0 radical (unpaired) electrons. The van der Waals surface area contributed by atoms with E-state index in [9.17, 15) is 4.39 Å². The third kappa shape index (κ3) is 2.65. The zero-order valence-electron chi connectivity index (χ0n) is 14.1. The van der Waals surface area contributed by atoms with E-state index in [0.29, 0.717) is 17.1 Å². The van der Waals surface area contributed by atoms with Gasteiger partial charge in [0.05, 0.1) is 11.1 Å². The number of rotatable bonds is 1. The average molecular weight is 399 g/mol. The van der Waals surface area contributed by atoms with Gasteiger partial charge >= 0.3 is 0 Å². The minimum absolute atomic E-state index is 0.173. The van der Waals surface area contributed by atoms with Gasteiger partial charge in [0.25, 0.3) is 0 Å². The van der Waals surface area contributed by atoms with Crippen molar-refractivity contribution >= 4 is 32.7 Å². The SMILES string of the molecule is CC1c2cc(Br)ccc2C(c2nnc3c(F)cccc3n2)=NC1(C)C. The second-order valence-electron chi connectivity index (χ2n) is 6.81. The van der Waals surface area contributed by atoms with Crippen LogP contribution in [0.5, 0.6) is 0 Å². The maximum absolute atomic E-state index is 13.8. The minimum atomic E-state index is -0.423. The summed E-state index contributed by atoms with van der Waals surface area (Å²) in [6, 6.07) is 10.8. The van der Waals surface area contributed by atoms with Gasteiger partial charge in [-0.25, -0.2) is 9.37 Å². The van der Waals surface area contributed by atoms with E-state index in [1.807, 2.05) is 12.1 Å². The molecule has 1 aliphatic heterocycles. The number of nitrogens with zero attached hydrogens (tertiary/aromatic N) is 4. The molecule has 4 rings (SSSR count). The fourth-order valence-electron chi connectivity index (χ4n) is 3.13. The summed E-state index contributed by atoms with van der Waals surface area (Å²) in [6.45, 7) is 6.35. The Balaban J connectivity index is 1.95. The summed E-state index contributed by atoms with van der Waals surface area (Å²) in [7, 11) is 0. The van der Waals surface area contributed by atoms with Crippen molar-refractivity contribution in [3.05, 3.63) is 63.6 Å². The van der Waals surface area contributed by atoms with Crippen LogP contribution in [0.25, 0.3) is 11.0 Å². The first kappa shape index (κ1) is 16.3. The van der Waals surface area contributed by atoms with Crippen LogP contribution in [0.1, 0.15) is 43.6 Å². The van der Waals surface area contributed by atoms with E-state index in [1.54, 1.807) is 12.1 Å². The largest absolute Gasteiger partial charge is 0.274 e. The smallest absolute Gasteiger partial charge is 0.201 e. The third-order valence-electron chi connectivity index (χ3n) is 4.84. The van der Waals surface area contributed by atoms with Crippen LogP contribution >= 0.6 is 15.9 Å². The Kier molecular flexibility index (Phi) is 3.68. The number of hydrogen-bond acceptors (Lipinski definition) is 4. The molecular weight excluding hydrogens is 383 g/mol. The quantitative estimate of drug-likeness (QED) is 0.598. The Bertz CT molecular complexity index is 1030. The summed E-state index contributed by atoms with van der Waals surface area (Å²) in [5.74, 6) is 0.240. The Morgan fingerprint density at radius 2 is 1.92 bits per heavy atom. The van der Waals surface area contributed by atoms with E-state index in [4.69, 9.17) is 4.99 Å². The molecule has 2 aromatic carbocycles. The molecule has 0 bridgehead atoms. The van der Waals surface area contributed by atoms with Crippen molar-refractivity contribution in [2.24, 2.45) is 4.99 Å². The van der Waals surface area contributed by atoms with Crippen molar-refractivity contribution in [1.82, 2.24) is 15.2 Å². The summed E-state index contributed by atoms with van der Waals surface area (Å²) in [6.07, 6.45) is 0. The standard InChI is InChI=1S/C19H16BrFN4/c1-10-13-9-11(20)7-8-12(13)16(23-19(10,2)3)18-22-15-6-4-5-14(21)17(15)24-25-18/h4-10H,1-3H3. The molecule has 0 fully saturated rings. The number of halogens is 2. The number of hydrogen-bond donors (Lipinski definition) is 0. The third-order valence-corrected chi connectivity index (χ3v) is 5.34. The Morgan fingerprint density at radius 1 is 1.12 bits per heavy atom. The van der Waals surface area contributed by atoms with E-state index in [0.717, 1.165) is 10.0 Å². The summed E-state index contributed by atoms with van der Waals surface area (Å²) < 4.78 is 14.9. The lowest BCUT2D eigenvalue weighted by atomic mass is 9.78. The first-order valence-electron chi connectivity index (χ1n) is 8.06. The van der Waals surface area contributed by atoms with Gasteiger partial charge < -0.3 is 0 Å². The van der Waals surface area contributed by atoms with Crippen molar-refractivity contribution in [3.63, 3.8) is 0 Å². The van der Waals surface area contributed by atoms with Crippen molar-refractivity contribution in [2.75, 3.05) is 0 Å². The Morgan fingerprint density at radius 3 is 2.72 bits per heavy atom. The summed E-state index contributed by atoms with van der Waals surface area (Å²) in [4.78, 5) is 9.42. The van der Waals surface area contributed by atoms with E-state index in [1.165, 1.54) is 11.6 Å². The molecule has 0 saturated heterocycles. The number of aliphatic imine (C=N–C) groups is 1. The first-order chi connectivity index (χ1) is 11.9. The molecule has 1 atom stereocenters. The highest BCUT2D eigenvalue weighted by Gasteiger charge is 2.35. The highest BCUT2D eigenvalue weighted by Crippen LogP contribution is 2.39. The molecule has 3 aromatic rings. The normalized spacial score (nSPS) is 18.8. The maximum atomic E-state index is 13.8. The molecule has 25 heavy (non-hydrogen) atoms. The lowest BCUT2D eigenvalue weighted by Gasteiger charge is -2.35. The van der Waals surface area contributed by atoms with Crippen LogP contribution < -0.4 is 0 Å². The fourth-order valence-corrected chi connectivity index (χ4v) is 3.51. The molecule has 0 N–H and O–H groups in total. The molecule has 0 aliphatic carbocycles. The molecule has 126 valence electrons. The molecule has 1 unspecified atom stereocenters. The van der Waals surface area contributed by atoms with Gasteiger partial charge in [0.15, 0.2) is 5.82 Å². The number of aromatic nitrogens is 3. The summed E-state index contributed by atoms with van der Waals surface area (Å²) >= 11 is 3.55. The van der Waals surface area contributed by atoms with E-state index in [2.05, 4.69) is 57.9 Å². The Labute approximate surface area is 153 Å². The second-order valence-corrected chi connectivity index (χ2v) is 7.73. The predicted octanol–water partition coefficient (Wildman–Crippen LogP) is 4.66. The highest BCUT2D eigenvalue weighted by atomic mass is 79.9. The number of benzene rings is 2. The van der Waals surface area contributed by atoms with E-state index < -0.39 is 5.82 Å². The van der Waals surface area contributed by atoms with Gasteiger partial charge in [0.2, 0.25) is 5.82 Å². The van der Waals surface area contributed by atoms with Crippen LogP contribution in [0.15, 0.2) is 45.9 Å². The van der Waals surface area contributed by atoms with Crippen LogP contribution in [0.2, 0.25) is 0 Å². The summed E-state index contributed by atoms with van der Waals surface area (Å²) in [5, 5.41) is 8.20.